The zero-order chi connectivity index (χ0) is 12.0. The largest absolute Gasteiger partial charge is 0.465 e. The van der Waals surface area contributed by atoms with Crippen LogP contribution in [0.2, 0.25) is 0 Å². The van der Waals surface area contributed by atoms with Gasteiger partial charge >= 0.3 is 6.09 Å². The van der Waals surface area contributed by atoms with Crippen molar-refractivity contribution in [2.45, 2.75) is 13.0 Å². The average Bonchev–Trinajstić information content (AvgIpc) is 2.27. The zero-order valence-corrected chi connectivity index (χ0v) is 8.93. The molecule has 0 saturated carbocycles. The van der Waals surface area contributed by atoms with E-state index < -0.39 is 6.09 Å². The highest BCUT2D eigenvalue weighted by molar-refractivity contribution is 5.81. The van der Waals surface area contributed by atoms with Crippen LogP contribution in [0, 0.1) is 0 Å². The number of hydrogen-bond donors (Lipinski definition) is 3. The maximum atomic E-state index is 11.3. The minimum absolute atomic E-state index is 0.135. The van der Waals surface area contributed by atoms with Crippen molar-refractivity contribution in [1.29, 1.82) is 0 Å². The van der Waals surface area contributed by atoms with Gasteiger partial charge in [0.05, 0.1) is 6.04 Å². The van der Waals surface area contributed by atoms with Crippen LogP contribution in [-0.2, 0) is 4.79 Å². The lowest BCUT2D eigenvalue weighted by Gasteiger charge is -2.13. The van der Waals surface area contributed by atoms with Crippen LogP contribution >= 0.6 is 0 Å². The number of carbonyl (C=O) groups excluding carboxylic acids is 1. The van der Waals surface area contributed by atoms with E-state index in [9.17, 15) is 9.59 Å². The molecule has 0 radical (unpaired) electrons. The molecule has 1 aromatic carbocycles. The highest BCUT2D eigenvalue weighted by atomic mass is 16.4. The Morgan fingerprint density at radius 2 is 1.94 bits per heavy atom. The van der Waals surface area contributed by atoms with Gasteiger partial charge in [-0.3, -0.25) is 4.79 Å². The summed E-state index contributed by atoms with van der Waals surface area (Å²) in [5.41, 5.74) is 0.978. The third-order valence-electron chi connectivity index (χ3n) is 2.08. The minimum Gasteiger partial charge on any atom is -0.465 e. The topological polar surface area (TPSA) is 78.4 Å². The fourth-order valence-electron chi connectivity index (χ4n) is 1.27. The summed E-state index contributed by atoms with van der Waals surface area (Å²) in [4.78, 5) is 21.5. The molecule has 0 aliphatic heterocycles. The molecular weight excluding hydrogens is 208 g/mol. The number of benzene rings is 1. The first kappa shape index (κ1) is 12.0. The van der Waals surface area contributed by atoms with E-state index >= 15 is 0 Å². The summed E-state index contributed by atoms with van der Waals surface area (Å²) in [7, 11) is 0. The van der Waals surface area contributed by atoms with Gasteiger partial charge in [0.25, 0.3) is 0 Å². The van der Waals surface area contributed by atoms with E-state index in [0.717, 1.165) is 5.56 Å². The average molecular weight is 222 g/mol. The van der Waals surface area contributed by atoms with Crippen LogP contribution in [0.1, 0.15) is 18.5 Å². The molecule has 5 nitrogen and oxygen atoms in total. The lowest BCUT2D eigenvalue weighted by Crippen LogP contribution is -2.37. The second-order valence-electron chi connectivity index (χ2n) is 3.36. The fraction of sp³-hybridized carbons (Fsp3) is 0.273. The van der Waals surface area contributed by atoms with E-state index in [1.165, 1.54) is 0 Å². The SMILES string of the molecule is CC(NC(=O)CNC(=O)O)c1ccccc1. The van der Waals surface area contributed by atoms with Crippen LogP contribution in [0.15, 0.2) is 30.3 Å². The Balaban J connectivity index is 2.43. The Morgan fingerprint density at radius 3 is 2.50 bits per heavy atom. The van der Waals surface area contributed by atoms with Crippen LogP contribution in [0.3, 0.4) is 0 Å². The van der Waals surface area contributed by atoms with Crippen molar-refractivity contribution < 1.29 is 14.7 Å². The van der Waals surface area contributed by atoms with Crippen LogP contribution in [0.25, 0.3) is 0 Å². The molecule has 0 spiro atoms. The van der Waals surface area contributed by atoms with E-state index in [1.54, 1.807) is 0 Å². The molecule has 3 N–H and O–H groups in total. The molecule has 0 fully saturated rings. The lowest BCUT2D eigenvalue weighted by molar-refractivity contribution is -0.120. The summed E-state index contributed by atoms with van der Waals surface area (Å²) in [5, 5.41) is 13.0. The molecule has 1 unspecified atom stereocenters. The van der Waals surface area contributed by atoms with Gasteiger partial charge in [0.2, 0.25) is 5.91 Å². The van der Waals surface area contributed by atoms with Gasteiger partial charge in [0, 0.05) is 0 Å². The Hall–Kier alpha value is -2.04. The van der Waals surface area contributed by atoms with Crippen molar-refractivity contribution in [3.8, 4) is 0 Å². The van der Waals surface area contributed by atoms with Gasteiger partial charge in [-0.2, -0.15) is 0 Å². The summed E-state index contributed by atoms with van der Waals surface area (Å²) in [6, 6.07) is 9.32. The molecule has 0 aliphatic rings. The first-order valence-corrected chi connectivity index (χ1v) is 4.90. The summed E-state index contributed by atoms with van der Waals surface area (Å²) < 4.78 is 0. The zero-order valence-electron chi connectivity index (χ0n) is 8.93. The molecule has 5 heteroatoms. The van der Waals surface area contributed by atoms with Crippen LogP contribution in [0.5, 0.6) is 0 Å². The summed E-state index contributed by atoms with van der Waals surface area (Å²) in [6.45, 7) is 1.61. The highest BCUT2D eigenvalue weighted by Crippen LogP contribution is 2.10. The number of carboxylic acid groups (broad SMARTS) is 1. The van der Waals surface area contributed by atoms with Gasteiger partial charge in [-0.05, 0) is 12.5 Å². The van der Waals surface area contributed by atoms with Gasteiger partial charge < -0.3 is 15.7 Å². The quantitative estimate of drug-likeness (QED) is 0.714. The number of amides is 2. The van der Waals surface area contributed by atoms with E-state index in [4.69, 9.17) is 5.11 Å². The molecule has 1 aromatic rings. The maximum absolute atomic E-state index is 11.3. The second kappa shape index (κ2) is 5.75. The fourth-order valence-corrected chi connectivity index (χ4v) is 1.27. The number of carbonyl (C=O) groups is 2. The Kier molecular flexibility index (Phi) is 4.32. The summed E-state index contributed by atoms with van der Waals surface area (Å²) >= 11 is 0. The summed E-state index contributed by atoms with van der Waals surface area (Å²) in [5.74, 6) is -0.348. The minimum atomic E-state index is -1.21. The van der Waals surface area contributed by atoms with Gasteiger partial charge in [-0.1, -0.05) is 30.3 Å². The van der Waals surface area contributed by atoms with Crippen LogP contribution in [0.4, 0.5) is 4.79 Å². The Bertz CT molecular complexity index is 365. The molecule has 0 aliphatic carbocycles. The molecule has 0 aromatic heterocycles. The molecule has 2 amide bonds. The highest BCUT2D eigenvalue weighted by Gasteiger charge is 2.09. The molecule has 86 valence electrons. The van der Waals surface area contributed by atoms with Gasteiger partial charge in [-0.15, -0.1) is 0 Å². The van der Waals surface area contributed by atoms with Crippen molar-refractivity contribution in [2.75, 3.05) is 6.54 Å². The van der Waals surface area contributed by atoms with E-state index in [0.29, 0.717) is 0 Å². The van der Waals surface area contributed by atoms with E-state index in [-0.39, 0.29) is 18.5 Å². The first-order chi connectivity index (χ1) is 7.59. The van der Waals surface area contributed by atoms with Gasteiger partial charge in [-0.25, -0.2) is 4.79 Å². The number of rotatable bonds is 4. The molecule has 0 heterocycles. The van der Waals surface area contributed by atoms with Crippen molar-refractivity contribution in [3.05, 3.63) is 35.9 Å². The molecule has 0 bridgehead atoms. The molecular formula is C11H14N2O3. The van der Waals surface area contributed by atoms with Crippen molar-refractivity contribution in [1.82, 2.24) is 10.6 Å². The second-order valence-corrected chi connectivity index (χ2v) is 3.36. The lowest BCUT2D eigenvalue weighted by atomic mass is 10.1. The maximum Gasteiger partial charge on any atom is 0.405 e. The smallest absolute Gasteiger partial charge is 0.405 e. The monoisotopic (exact) mass is 222 g/mol. The summed E-state index contributed by atoms with van der Waals surface area (Å²) in [6.07, 6.45) is -1.21. The van der Waals surface area contributed by atoms with Gasteiger partial charge in [0.15, 0.2) is 0 Å². The standard InChI is InChI=1S/C11H14N2O3/c1-8(9-5-3-2-4-6-9)13-10(14)7-12-11(15)16/h2-6,8,12H,7H2,1H3,(H,13,14)(H,15,16). The normalized spacial score (nSPS) is 11.6. The van der Waals surface area contributed by atoms with E-state index in [2.05, 4.69) is 5.32 Å². The molecule has 16 heavy (non-hydrogen) atoms. The third-order valence-corrected chi connectivity index (χ3v) is 2.08. The third kappa shape index (κ3) is 4.00. The van der Waals surface area contributed by atoms with Gasteiger partial charge in [0.1, 0.15) is 6.54 Å². The predicted molar refractivity (Wildman–Crippen MR) is 59.0 cm³/mol. The predicted octanol–water partition coefficient (Wildman–Crippen LogP) is 1.13. The Labute approximate surface area is 93.5 Å². The molecule has 1 rings (SSSR count). The van der Waals surface area contributed by atoms with Crippen molar-refractivity contribution in [2.24, 2.45) is 0 Å². The van der Waals surface area contributed by atoms with E-state index in [1.807, 2.05) is 42.6 Å². The van der Waals surface area contributed by atoms with Crippen LogP contribution in [-0.4, -0.2) is 23.7 Å². The molecule has 0 saturated heterocycles. The molecule has 1 atom stereocenters. The van der Waals surface area contributed by atoms with Crippen molar-refractivity contribution in [3.63, 3.8) is 0 Å². The van der Waals surface area contributed by atoms with Crippen molar-refractivity contribution >= 4 is 12.0 Å². The number of nitrogens with one attached hydrogen (secondary N) is 2. The number of hydrogen-bond acceptors (Lipinski definition) is 2. The Morgan fingerprint density at radius 1 is 1.31 bits per heavy atom. The van der Waals surface area contributed by atoms with Crippen LogP contribution < -0.4 is 10.6 Å². The first-order valence-electron chi connectivity index (χ1n) is 4.90.